The fourth-order valence-corrected chi connectivity index (χ4v) is 7.26. The molecule has 5 rings (SSSR count). The largest absolute Gasteiger partial charge is 0.496 e. The van der Waals surface area contributed by atoms with Crippen LogP contribution in [-0.2, 0) is 4.79 Å². The van der Waals surface area contributed by atoms with Gasteiger partial charge in [0.25, 0.3) is 0 Å². The first-order valence-electron chi connectivity index (χ1n) is 14.9. The standard InChI is InChI=1S/C33H43N3O3S/c1-21(2)32-35-19-30(40-32)27-15-16-34-31(18-27)36(33(38)25-9-12-28(37)13-10-25)20-23-5-7-24(8-6-23)26-11-14-29(39-4)22(3)17-26/h11,14-19,21,23-25,28,37H,5-10,12-13,20H2,1-4H3. The first-order valence-corrected chi connectivity index (χ1v) is 15.7. The quantitative estimate of drug-likeness (QED) is 0.308. The normalized spacial score (nSPS) is 23.2. The van der Waals surface area contributed by atoms with Gasteiger partial charge in [0.05, 0.1) is 23.1 Å². The molecule has 0 atom stereocenters. The van der Waals surface area contributed by atoms with E-state index in [9.17, 15) is 9.90 Å². The average Bonchev–Trinajstić information content (AvgIpc) is 3.47. The fraction of sp³-hybridized carbons (Fsp3) is 0.545. The summed E-state index contributed by atoms with van der Waals surface area (Å²) in [5, 5.41) is 11.2. The minimum atomic E-state index is -0.280. The number of ether oxygens (including phenoxy) is 1. The van der Waals surface area contributed by atoms with Gasteiger partial charge in [0.15, 0.2) is 0 Å². The zero-order chi connectivity index (χ0) is 28.2. The molecule has 3 aromatic rings. The Labute approximate surface area is 242 Å². The van der Waals surface area contributed by atoms with Crippen LogP contribution in [0.15, 0.2) is 42.7 Å². The minimum absolute atomic E-state index is 0.0524. The molecule has 6 nitrogen and oxygen atoms in total. The highest BCUT2D eigenvalue weighted by Crippen LogP contribution is 2.39. The Morgan fingerprint density at radius 3 is 2.45 bits per heavy atom. The lowest BCUT2D eigenvalue weighted by Gasteiger charge is -2.35. The van der Waals surface area contributed by atoms with Crippen molar-refractivity contribution in [2.75, 3.05) is 18.6 Å². The molecule has 0 saturated heterocycles. The summed E-state index contributed by atoms with van der Waals surface area (Å²) in [6.07, 6.45) is 10.8. The lowest BCUT2D eigenvalue weighted by atomic mass is 9.78. The molecule has 7 heteroatoms. The molecule has 2 aliphatic carbocycles. The summed E-state index contributed by atoms with van der Waals surface area (Å²) >= 11 is 1.71. The summed E-state index contributed by atoms with van der Waals surface area (Å²) in [5.74, 6) is 3.16. The molecule has 0 bridgehead atoms. The molecule has 2 aromatic heterocycles. The maximum absolute atomic E-state index is 14.0. The number of hydrogen-bond donors (Lipinski definition) is 1. The van der Waals surface area contributed by atoms with Gasteiger partial charge in [0.2, 0.25) is 5.91 Å². The number of carbonyl (C=O) groups excluding carboxylic acids is 1. The number of methoxy groups -OCH3 is 1. The summed E-state index contributed by atoms with van der Waals surface area (Å²) < 4.78 is 5.46. The molecule has 0 radical (unpaired) electrons. The lowest BCUT2D eigenvalue weighted by molar-refractivity contribution is -0.124. The molecule has 214 valence electrons. The Hall–Kier alpha value is -2.77. The second-order valence-electron chi connectivity index (χ2n) is 12.0. The number of aromatic nitrogens is 2. The van der Waals surface area contributed by atoms with Gasteiger partial charge in [-0.25, -0.2) is 9.97 Å². The summed E-state index contributed by atoms with van der Waals surface area (Å²) in [5.41, 5.74) is 3.64. The number of anilines is 1. The number of aryl methyl sites for hydroxylation is 1. The number of nitrogens with zero attached hydrogens (tertiary/aromatic N) is 3. The number of hydrogen-bond acceptors (Lipinski definition) is 6. The zero-order valence-electron chi connectivity index (χ0n) is 24.3. The van der Waals surface area contributed by atoms with Crippen molar-refractivity contribution in [2.45, 2.75) is 90.1 Å². The Morgan fingerprint density at radius 2 is 1.80 bits per heavy atom. The number of thiazole rings is 1. The van der Waals surface area contributed by atoms with Crippen LogP contribution in [0.2, 0.25) is 0 Å². The third kappa shape index (κ3) is 6.58. The molecule has 1 N–H and O–H groups in total. The highest BCUT2D eigenvalue weighted by atomic mass is 32.1. The predicted octanol–water partition coefficient (Wildman–Crippen LogP) is 7.50. The van der Waals surface area contributed by atoms with Crippen molar-refractivity contribution in [1.82, 2.24) is 9.97 Å². The van der Waals surface area contributed by atoms with Crippen LogP contribution in [0.3, 0.4) is 0 Å². The number of rotatable bonds is 8. The number of aliphatic hydroxyl groups excluding tert-OH is 1. The molecule has 2 saturated carbocycles. The van der Waals surface area contributed by atoms with Crippen molar-refractivity contribution in [1.29, 1.82) is 0 Å². The second-order valence-corrected chi connectivity index (χ2v) is 13.1. The first kappa shape index (κ1) is 28.7. The van der Waals surface area contributed by atoms with Gasteiger partial charge in [-0.15, -0.1) is 11.3 Å². The Kier molecular flexibility index (Phi) is 9.21. The van der Waals surface area contributed by atoms with Crippen LogP contribution in [0.25, 0.3) is 10.4 Å². The number of benzene rings is 1. The topological polar surface area (TPSA) is 75.5 Å². The molecule has 1 aromatic carbocycles. The van der Waals surface area contributed by atoms with Crippen LogP contribution in [0.4, 0.5) is 5.82 Å². The molecular formula is C33H43N3O3S. The van der Waals surface area contributed by atoms with E-state index in [2.05, 4.69) is 50.0 Å². The molecule has 40 heavy (non-hydrogen) atoms. The monoisotopic (exact) mass is 561 g/mol. The van der Waals surface area contributed by atoms with Crippen molar-refractivity contribution in [3.8, 4) is 16.2 Å². The second kappa shape index (κ2) is 12.8. The third-order valence-electron chi connectivity index (χ3n) is 8.81. The smallest absolute Gasteiger partial charge is 0.231 e. The van der Waals surface area contributed by atoms with Crippen molar-refractivity contribution >= 4 is 23.1 Å². The minimum Gasteiger partial charge on any atom is -0.496 e. The molecule has 2 aliphatic rings. The Balaban J connectivity index is 1.33. The van der Waals surface area contributed by atoms with Crippen LogP contribution >= 0.6 is 11.3 Å². The van der Waals surface area contributed by atoms with E-state index in [1.807, 2.05) is 23.4 Å². The maximum atomic E-state index is 14.0. The van der Waals surface area contributed by atoms with Gasteiger partial charge in [-0.05, 0) is 105 Å². The molecule has 0 aliphatic heterocycles. The van der Waals surface area contributed by atoms with Gasteiger partial charge in [-0.3, -0.25) is 9.69 Å². The maximum Gasteiger partial charge on any atom is 0.231 e. The Morgan fingerprint density at radius 1 is 1.05 bits per heavy atom. The third-order valence-corrected chi connectivity index (χ3v) is 10.2. The fourth-order valence-electron chi connectivity index (χ4n) is 6.34. The SMILES string of the molecule is COc1ccc(C2CCC(CN(C(=O)C3CCC(O)CC3)c3cc(-c4cnc(C(C)C)s4)ccn3)CC2)cc1C. The Bertz CT molecular complexity index is 1290. The van der Waals surface area contributed by atoms with E-state index in [0.717, 1.165) is 65.5 Å². The predicted molar refractivity (Wildman–Crippen MR) is 162 cm³/mol. The van der Waals surface area contributed by atoms with Crippen molar-refractivity contribution in [2.24, 2.45) is 11.8 Å². The van der Waals surface area contributed by atoms with Gasteiger partial charge in [-0.2, -0.15) is 0 Å². The van der Waals surface area contributed by atoms with Gasteiger partial charge < -0.3 is 9.84 Å². The number of amides is 1. The van der Waals surface area contributed by atoms with Gasteiger partial charge >= 0.3 is 0 Å². The van der Waals surface area contributed by atoms with Gasteiger partial charge in [0, 0.05) is 30.8 Å². The van der Waals surface area contributed by atoms with Gasteiger partial charge in [-0.1, -0.05) is 26.0 Å². The molecule has 1 amide bonds. The summed E-state index contributed by atoms with van der Waals surface area (Å²) in [4.78, 5) is 26.4. The number of pyridine rings is 1. The summed E-state index contributed by atoms with van der Waals surface area (Å²) in [6, 6.07) is 10.7. The van der Waals surface area contributed by atoms with Crippen LogP contribution in [-0.4, -0.2) is 40.7 Å². The van der Waals surface area contributed by atoms with Crippen LogP contribution in [0.1, 0.15) is 93.2 Å². The van der Waals surface area contributed by atoms with E-state index in [-0.39, 0.29) is 17.9 Å². The van der Waals surface area contributed by atoms with E-state index in [1.54, 1.807) is 18.4 Å². The summed E-state index contributed by atoms with van der Waals surface area (Å²) in [7, 11) is 1.72. The number of carbonyl (C=O) groups is 1. The van der Waals surface area contributed by atoms with Crippen LogP contribution < -0.4 is 9.64 Å². The highest BCUT2D eigenvalue weighted by Gasteiger charge is 2.33. The molecule has 0 unspecified atom stereocenters. The molecule has 0 spiro atoms. The number of aliphatic hydroxyl groups is 1. The van der Waals surface area contributed by atoms with Crippen LogP contribution in [0, 0.1) is 18.8 Å². The van der Waals surface area contributed by atoms with Crippen molar-refractivity contribution in [3.05, 3.63) is 58.9 Å². The highest BCUT2D eigenvalue weighted by molar-refractivity contribution is 7.15. The van der Waals surface area contributed by atoms with Crippen molar-refractivity contribution in [3.63, 3.8) is 0 Å². The van der Waals surface area contributed by atoms with E-state index < -0.39 is 0 Å². The van der Waals surface area contributed by atoms with Gasteiger partial charge in [0.1, 0.15) is 11.6 Å². The average molecular weight is 562 g/mol. The zero-order valence-corrected chi connectivity index (χ0v) is 25.1. The molecule has 2 fully saturated rings. The van der Waals surface area contributed by atoms with E-state index in [1.165, 1.54) is 11.1 Å². The molecular weight excluding hydrogens is 518 g/mol. The molecule has 2 heterocycles. The van der Waals surface area contributed by atoms with Crippen LogP contribution in [0.5, 0.6) is 5.75 Å². The lowest BCUT2D eigenvalue weighted by Crippen LogP contribution is -2.42. The van der Waals surface area contributed by atoms with E-state index in [0.29, 0.717) is 37.1 Å². The van der Waals surface area contributed by atoms with E-state index in [4.69, 9.17) is 9.72 Å². The van der Waals surface area contributed by atoms with E-state index >= 15 is 0 Å². The van der Waals surface area contributed by atoms with Crippen molar-refractivity contribution < 1.29 is 14.6 Å². The first-order chi connectivity index (χ1) is 19.3. The summed E-state index contributed by atoms with van der Waals surface area (Å²) in [6.45, 7) is 7.13.